The van der Waals surface area contributed by atoms with Crippen molar-refractivity contribution in [1.82, 2.24) is 15.1 Å². The molecule has 4 rings (SSSR count). The summed E-state index contributed by atoms with van der Waals surface area (Å²) in [7, 11) is 0. The number of hydrogen-bond acceptors (Lipinski definition) is 6. The van der Waals surface area contributed by atoms with E-state index in [1.54, 1.807) is 33.3 Å². The fourth-order valence-corrected chi connectivity index (χ4v) is 6.10. The van der Waals surface area contributed by atoms with Crippen LogP contribution in [-0.4, -0.2) is 70.6 Å². The molecule has 1 aromatic heterocycles. The zero-order chi connectivity index (χ0) is 26.7. The number of carbonyl (C=O) groups excluding carboxylic acids is 4. The van der Waals surface area contributed by atoms with Gasteiger partial charge in [0.05, 0.1) is 18.6 Å². The molecule has 2 aromatic rings. The number of nitrogens with two attached hydrogens (primary N) is 1. The summed E-state index contributed by atoms with van der Waals surface area (Å²) in [6, 6.07) is 8.89. The number of benzene rings is 1. The molecule has 198 valence electrons. The molecule has 2 aliphatic rings. The van der Waals surface area contributed by atoms with Crippen molar-refractivity contribution in [2.24, 2.45) is 11.7 Å². The third-order valence-corrected chi connectivity index (χ3v) is 8.09. The van der Waals surface area contributed by atoms with Crippen LogP contribution >= 0.6 is 11.3 Å². The highest BCUT2D eigenvalue weighted by molar-refractivity contribution is 7.13. The first-order chi connectivity index (χ1) is 17.7. The third kappa shape index (κ3) is 5.78. The maximum absolute atomic E-state index is 13.7. The molecule has 3 amide bonds. The van der Waals surface area contributed by atoms with E-state index in [9.17, 15) is 19.2 Å². The van der Waals surface area contributed by atoms with Gasteiger partial charge in [-0.15, -0.1) is 11.3 Å². The predicted octanol–water partition coefficient (Wildman–Crippen LogP) is 3.07. The number of amides is 3. The normalized spacial score (nSPS) is 20.7. The van der Waals surface area contributed by atoms with Crippen LogP contribution in [0.25, 0.3) is 10.4 Å². The molecular weight excluding hydrogens is 488 g/mol. The smallest absolute Gasteiger partial charge is 0.251 e. The highest BCUT2D eigenvalue weighted by atomic mass is 32.1. The van der Waals surface area contributed by atoms with Crippen LogP contribution in [-0.2, 0) is 14.4 Å². The average Bonchev–Trinajstić information content (AvgIpc) is 3.62. The largest absolute Gasteiger partial charge is 0.340 e. The Hall–Kier alpha value is -3.04. The minimum Gasteiger partial charge on any atom is -0.340 e. The van der Waals surface area contributed by atoms with Crippen molar-refractivity contribution in [2.75, 3.05) is 13.1 Å². The Bertz CT molecular complexity index is 1130. The minimum atomic E-state index is -0.761. The molecule has 2 saturated heterocycles. The molecule has 2 fully saturated rings. The Balaban J connectivity index is 1.47. The summed E-state index contributed by atoms with van der Waals surface area (Å²) in [5.41, 5.74) is 7.55. The second kappa shape index (κ2) is 11.6. The second-order valence-corrected chi connectivity index (χ2v) is 11.3. The zero-order valence-corrected chi connectivity index (χ0v) is 22.5. The van der Waals surface area contributed by atoms with Gasteiger partial charge in [-0.2, -0.15) is 0 Å². The monoisotopic (exact) mass is 524 g/mol. The summed E-state index contributed by atoms with van der Waals surface area (Å²) >= 11 is 1.63. The lowest BCUT2D eigenvalue weighted by molar-refractivity contribution is -0.138. The van der Waals surface area contributed by atoms with E-state index < -0.39 is 18.1 Å². The SMILES string of the molecule is CCCC(N)C(=O)N1CC(=O)C2C1CCN2C(=O)C(CC(C)C)NC(=O)c1ccc(-c2cccs2)cc1. The minimum absolute atomic E-state index is 0.0207. The molecule has 0 saturated carbocycles. The Kier molecular flexibility index (Phi) is 8.44. The Labute approximate surface area is 222 Å². The van der Waals surface area contributed by atoms with Crippen molar-refractivity contribution in [1.29, 1.82) is 0 Å². The Morgan fingerprint density at radius 3 is 2.46 bits per heavy atom. The van der Waals surface area contributed by atoms with Crippen LogP contribution < -0.4 is 11.1 Å². The zero-order valence-electron chi connectivity index (χ0n) is 21.7. The maximum Gasteiger partial charge on any atom is 0.251 e. The van der Waals surface area contributed by atoms with Crippen LogP contribution in [0.5, 0.6) is 0 Å². The van der Waals surface area contributed by atoms with Gasteiger partial charge < -0.3 is 20.9 Å². The average molecular weight is 525 g/mol. The van der Waals surface area contributed by atoms with Gasteiger partial charge in [-0.3, -0.25) is 19.2 Å². The number of rotatable bonds is 9. The molecule has 0 spiro atoms. The van der Waals surface area contributed by atoms with E-state index in [0.717, 1.165) is 16.9 Å². The first-order valence-corrected chi connectivity index (χ1v) is 13.9. The van der Waals surface area contributed by atoms with E-state index in [2.05, 4.69) is 5.32 Å². The highest BCUT2D eigenvalue weighted by Gasteiger charge is 2.52. The Morgan fingerprint density at radius 2 is 1.84 bits per heavy atom. The number of likely N-dealkylation sites (tertiary alicyclic amines) is 2. The number of ketones is 1. The number of hydrogen-bond donors (Lipinski definition) is 2. The predicted molar refractivity (Wildman–Crippen MR) is 144 cm³/mol. The van der Waals surface area contributed by atoms with Crippen LogP contribution in [0.2, 0.25) is 0 Å². The third-order valence-electron chi connectivity index (χ3n) is 7.17. The first-order valence-electron chi connectivity index (χ1n) is 13.0. The van der Waals surface area contributed by atoms with Crippen LogP contribution in [0.4, 0.5) is 0 Å². The number of fused-ring (bicyclic) bond motifs is 1. The molecule has 4 unspecified atom stereocenters. The molecule has 2 aliphatic heterocycles. The van der Waals surface area contributed by atoms with E-state index in [1.807, 2.05) is 50.4 Å². The standard InChI is InChI=1S/C28H36N4O4S/c1-4-6-20(29)27(35)32-16-23(33)25-22(32)12-13-31(25)28(36)21(15-17(2)3)30-26(34)19-10-8-18(9-11-19)24-7-5-14-37-24/h5,7-11,14,17,20-22,25H,4,6,12-13,15-16,29H2,1-3H3,(H,30,34). The van der Waals surface area contributed by atoms with E-state index >= 15 is 0 Å². The van der Waals surface area contributed by atoms with E-state index in [-0.39, 0.29) is 42.0 Å². The molecule has 9 heteroatoms. The quantitative estimate of drug-likeness (QED) is 0.524. The highest BCUT2D eigenvalue weighted by Crippen LogP contribution is 2.31. The molecule has 4 atom stereocenters. The van der Waals surface area contributed by atoms with Gasteiger partial charge in [-0.05, 0) is 54.3 Å². The molecule has 3 N–H and O–H groups in total. The summed E-state index contributed by atoms with van der Waals surface area (Å²) in [4.78, 5) is 56.9. The number of nitrogens with zero attached hydrogens (tertiary/aromatic N) is 2. The molecular formula is C28H36N4O4S. The second-order valence-electron chi connectivity index (χ2n) is 10.4. The maximum atomic E-state index is 13.7. The van der Waals surface area contributed by atoms with Gasteiger partial charge in [-0.1, -0.05) is 45.4 Å². The lowest BCUT2D eigenvalue weighted by Crippen LogP contribution is -2.53. The van der Waals surface area contributed by atoms with Gasteiger partial charge in [0.1, 0.15) is 12.1 Å². The van der Waals surface area contributed by atoms with Crippen LogP contribution in [0.15, 0.2) is 41.8 Å². The van der Waals surface area contributed by atoms with E-state index in [0.29, 0.717) is 31.4 Å². The van der Waals surface area contributed by atoms with E-state index in [1.165, 1.54) is 0 Å². The van der Waals surface area contributed by atoms with Crippen molar-refractivity contribution >= 4 is 34.8 Å². The summed E-state index contributed by atoms with van der Waals surface area (Å²) in [6.07, 6.45) is 2.31. The van der Waals surface area contributed by atoms with Crippen LogP contribution in [0.3, 0.4) is 0 Å². The number of thiophene rings is 1. The molecule has 0 radical (unpaired) electrons. The molecule has 0 bridgehead atoms. The van der Waals surface area contributed by atoms with Gasteiger partial charge in [0, 0.05) is 17.0 Å². The van der Waals surface area contributed by atoms with Gasteiger partial charge >= 0.3 is 0 Å². The lowest BCUT2D eigenvalue weighted by atomic mass is 10.0. The van der Waals surface area contributed by atoms with Gasteiger partial charge in [-0.25, -0.2) is 0 Å². The summed E-state index contributed by atoms with van der Waals surface area (Å²) in [5.74, 6) is -0.821. The Morgan fingerprint density at radius 1 is 1.11 bits per heavy atom. The summed E-state index contributed by atoms with van der Waals surface area (Å²) in [5, 5.41) is 4.92. The van der Waals surface area contributed by atoms with Crippen molar-refractivity contribution in [3.05, 3.63) is 47.3 Å². The fraction of sp³-hybridized carbons (Fsp3) is 0.500. The van der Waals surface area contributed by atoms with E-state index in [4.69, 9.17) is 5.73 Å². The lowest BCUT2D eigenvalue weighted by Gasteiger charge is -2.29. The first kappa shape index (κ1) is 27.0. The van der Waals surface area contributed by atoms with Gasteiger partial charge in [0.2, 0.25) is 11.8 Å². The van der Waals surface area contributed by atoms with Crippen molar-refractivity contribution in [3.8, 4) is 10.4 Å². The van der Waals surface area contributed by atoms with Gasteiger partial charge in [0.15, 0.2) is 5.78 Å². The number of carbonyl (C=O) groups is 4. The number of Topliss-reactive ketones (excluding diaryl/α,β-unsaturated/α-hetero) is 1. The van der Waals surface area contributed by atoms with Gasteiger partial charge in [0.25, 0.3) is 5.91 Å². The molecule has 3 heterocycles. The summed E-state index contributed by atoms with van der Waals surface area (Å²) < 4.78 is 0. The topological polar surface area (TPSA) is 113 Å². The van der Waals surface area contributed by atoms with Crippen molar-refractivity contribution in [2.45, 2.75) is 70.6 Å². The summed E-state index contributed by atoms with van der Waals surface area (Å²) in [6.45, 7) is 6.29. The van der Waals surface area contributed by atoms with Crippen molar-refractivity contribution in [3.63, 3.8) is 0 Å². The van der Waals surface area contributed by atoms with Crippen LogP contribution in [0.1, 0.15) is 56.8 Å². The van der Waals surface area contributed by atoms with Crippen molar-refractivity contribution < 1.29 is 19.2 Å². The molecule has 0 aliphatic carbocycles. The molecule has 37 heavy (non-hydrogen) atoms. The molecule has 1 aromatic carbocycles. The fourth-order valence-electron chi connectivity index (χ4n) is 5.37. The van der Waals surface area contributed by atoms with Crippen LogP contribution in [0, 0.1) is 5.92 Å². The number of nitrogens with one attached hydrogen (secondary N) is 1. The molecule has 8 nitrogen and oxygen atoms in total.